The van der Waals surface area contributed by atoms with E-state index in [1.54, 1.807) is 0 Å². The lowest BCUT2D eigenvalue weighted by atomic mass is 9.89. The fourth-order valence-electron chi connectivity index (χ4n) is 2.37. The highest BCUT2D eigenvalue weighted by Crippen LogP contribution is 2.34. The summed E-state index contributed by atoms with van der Waals surface area (Å²) in [5.41, 5.74) is 0. The van der Waals surface area contributed by atoms with Gasteiger partial charge in [-0.25, -0.2) is 0 Å². The Morgan fingerprint density at radius 1 is 1.06 bits per heavy atom. The third-order valence-corrected chi connectivity index (χ3v) is 3.55. The van der Waals surface area contributed by atoms with Crippen molar-refractivity contribution in [2.45, 2.75) is 50.9 Å². The highest BCUT2D eigenvalue weighted by molar-refractivity contribution is 5.95. The first-order valence-electron chi connectivity index (χ1n) is 6.22. The van der Waals surface area contributed by atoms with Crippen LogP contribution in [0.15, 0.2) is 4.42 Å². The number of nitrogens with zero attached hydrogens (tertiary/aromatic N) is 2. The van der Waals surface area contributed by atoms with E-state index in [4.69, 9.17) is 4.42 Å². The van der Waals surface area contributed by atoms with Crippen molar-refractivity contribution in [3.8, 4) is 0 Å². The zero-order valence-electron chi connectivity index (χ0n) is 9.32. The fraction of sp³-hybridized carbons (Fsp3) is 0.750. The molecule has 0 bridgehead atoms. The van der Waals surface area contributed by atoms with Gasteiger partial charge in [0.1, 0.15) is 0 Å². The van der Waals surface area contributed by atoms with Crippen LogP contribution in [0.1, 0.15) is 67.4 Å². The van der Waals surface area contributed by atoms with Crippen LogP contribution in [0.2, 0.25) is 0 Å². The predicted octanol–water partition coefficient (Wildman–Crippen LogP) is 2.71. The Morgan fingerprint density at radius 3 is 2.50 bits per heavy atom. The molecule has 0 atom stereocenters. The number of hydrogen-bond donors (Lipinski definition) is 0. The van der Waals surface area contributed by atoms with E-state index in [1.807, 2.05) is 0 Å². The average molecular weight is 220 g/mol. The molecule has 0 saturated heterocycles. The van der Waals surface area contributed by atoms with Gasteiger partial charge in [0.05, 0.1) is 0 Å². The van der Waals surface area contributed by atoms with Crippen LogP contribution in [-0.2, 0) is 0 Å². The molecule has 0 radical (unpaired) electrons. The number of carbonyl (C=O) groups is 1. The van der Waals surface area contributed by atoms with Gasteiger partial charge < -0.3 is 4.42 Å². The van der Waals surface area contributed by atoms with Crippen LogP contribution in [0, 0.1) is 5.92 Å². The highest BCUT2D eigenvalue weighted by Gasteiger charge is 2.34. The molecule has 2 aliphatic carbocycles. The molecule has 1 aromatic rings. The van der Waals surface area contributed by atoms with Gasteiger partial charge in [0.2, 0.25) is 11.7 Å². The van der Waals surface area contributed by atoms with Crippen LogP contribution in [0.25, 0.3) is 0 Å². The zero-order valence-corrected chi connectivity index (χ0v) is 9.32. The van der Waals surface area contributed by atoms with Gasteiger partial charge >= 0.3 is 0 Å². The predicted molar refractivity (Wildman–Crippen MR) is 57.2 cm³/mol. The number of Topliss-reactive ketones (excluding diaryl/α,β-unsaturated/α-hetero) is 1. The molecule has 1 aromatic heterocycles. The van der Waals surface area contributed by atoms with E-state index in [1.165, 1.54) is 19.3 Å². The smallest absolute Gasteiger partial charge is 0.284 e. The van der Waals surface area contributed by atoms with Crippen molar-refractivity contribution in [1.29, 1.82) is 0 Å². The molecule has 3 rings (SSSR count). The Morgan fingerprint density at radius 2 is 1.81 bits per heavy atom. The number of ketones is 1. The maximum atomic E-state index is 11.7. The van der Waals surface area contributed by atoms with E-state index in [0.29, 0.717) is 11.8 Å². The molecule has 16 heavy (non-hydrogen) atoms. The summed E-state index contributed by atoms with van der Waals surface area (Å²) in [6.45, 7) is 0. The van der Waals surface area contributed by atoms with Gasteiger partial charge in [0, 0.05) is 11.8 Å². The summed E-state index contributed by atoms with van der Waals surface area (Å²) < 4.78 is 5.51. The van der Waals surface area contributed by atoms with E-state index in [0.717, 1.165) is 25.7 Å². The summed E-state index contributed by atoms with van der Waals surface area (Å²) in [5.74, 6) is 1.53. The van der Waals surface area contributed by atoms with E-state index in [-0.39, 0.29) is 17.6 Å². The van der Waals surface area contributed by atoms with Crippen molar-refractivity contribution in [1.82, 2.24) is 10.2 Å². The molecule has 0 amide bonds. The molecule has 2 saturated carbocycles. The van der Waals surface area contributed by atoms with Gasteiger partial charge in [0.25, 0.3) is 5.89 Å². The van der Waals surface area contributed by atoms with E-state index in [2.05, 4.69) is 10.2 Å². The second kappa shape index (κ2) is 4.00. The Balaban J connectivity index is 1.73. The number of aromatic nitrogens is 2. The molecule has 4 nitrogen and oxygen atoms in total. The molecule has 0 aromatic carbocycles. The van der Waals surface area contributed by atoms with Crippen LogP contribution < -0.4 is 0 Å². The lowest BCUT2D eigenvalue weighted by molar-refractivity contribution is 0.0930. The van der Waals surface area contributed by atoms with Gasteiger partial charge in [-0.05, 0) is 25.7 Å². The summed E-state index contributed by atoms with van der Waals surface area (Å²) in [4.78, 5) is 11.7. The maximum Gasteiger partial charge on any atom is 0.284 e. The quantitative estimate of drug-likeness (QED) is 0.735. The molecular weight excluding hydrogens is 204 g/mol. The maximum absolute atomic E-state index is 11.7. The normalized spacial score (nSPS) is 22.2. The first-order valence-corrected chi connectivity index (χ1v) is 6.22. The summed E-state index contributed by atoms with van der Waals surface area (Å²) in [5, 5.41) is 7.92. The number of carbonyl (C=O) groups excluding carboxylic acids is 1. The minimum Gasteiger partial charge on any atom is -0.418 e. The molecule has 0 unspecified atom stereocenters. The van der Waals surface area contributed by atoms with Crippen molar-refractivity contribution in [3.63, 3.8) is 0 Å². The first kappa shape index (κ1) is 10.00. The molecule has 2 fully saturated rings. The van der Waals surface area contributed by atoms with E-state index in [9.17, 15) is 4.79 Å². The minimum absolute atomic E-state index is 0.0505. The topological polar surface area (TPSA) is 56.0 Å². The summed E-state index contributed by atoms with van der Waals surface area (Å²) in [6, 6.07) is 0. The van der Waals surface area contributed by atoms with Crippen LogP contribution in [-0.4, -0.2) is 16.0 Å². The Hall–Kier alpha value is -1.19. The van der Waals surface area contributed by atoms with Crippen molar-refractivity contribution in [2.75, 3.05) is 0 Å². The molecular formula is C12H16N2O2. The lowest BCUT2D eigenvalue weighted by Gasteiger charge is -2.17. The van der Waals surface area contributed by atoms with Gasteiger partial charge in [-0.2, -0.15) is 0 Å². The lowest BCUT2D eigenvalue weighted by Crippen LogP contribution is -2.04. The second-order valence-corrected chi connectivity index (χ2v) is 4.92. The van der Waals surface area contributed by atoms with Crippen LogP contribution in [0.4, 0.5) is 0 Å². The molecule has 2 aliphatic rings. The van der Waals surface area contributed by atoms with Crippen molar-refractivity contribution in [3.05, 3.63) is 11.8 Å². The third-order valence-electron chi connectivity index (χ3n) is 3.55. The number of hydrogen-bond acceptors (Lipinski definition) is 4. The SMILES string of the molecule is O=C(c1nnc(C2CCCCC2)o1)C1CC1. The fourth-order valence-corrected chi connectivity index (χ4v) is 2.37. The standard InChI is InChI=1S/C12H16N2O2/c15-10(8-6-7-8)12-14-13-11(16-12)9-4-2-1-3-5-9/h8-9H,1-7H2. The molecule has 0 aliphatic heterocycles. The van der Waals surface area contributed by atoms with E-state index < -0.39 is 0 Å². The van der Waals surface area contributed by atoms with Gasteiger partial charge in [0.15, 0.2) is 0 Å². The first-order chi connectivity index (χ1) is 7.84. The molecule has 1 heterocycles. The average Bonchev–Trinajstić information content (AvgIpc) is 3.07. The molecule has 86 valence electrons. The van der Waals surface area contributed by atoms with Crippen LogP contribution >= 0.6 is 0 Å². The van der Waals surface area contributed by atoms with Gasteiger partial charge in [-0.1, -0.05) is 19.3 Å². The van der Waals surface area contributed by atoms with Crippen molar-refractivity contribution >= 4 is 5.78 Å². The highest BCUT2D eigenvalue weighted by atomic mass is 16.4. The monoisotopic (exact) mass is 220 g/mol. The molecule has 0 N–H and O–H groups in total. The minimum atomic E-state index is 0.0505. The van der Waals surface area contributed by atoms with Crippen LogP contribution in [0.3, 0.4) is 0 Å². The second-order valence-electron chi connectivity index (χ2n) is 4.92. The van der Waals surface area contributed by atoms with Crippen molar-refractivity contribution < 1.29 is 9.21 Å². The summed E-state index contributed by atoms with van der Waals surface area (Å²) >= 11 is 0. The van der Waals surface area contributed by atoms with Crippen LogP contribution in [0.5, 0.6) is 0 Å². The summed E-state index contributed by atoms with van der Waals surface area (Å²) in [7, 11) is 0. The zero-order chi connectivity index (χ0) is 11.0. The van der Waals surface area contributed by atoms with Crippen molar-refractivity contribution in [2.24, 2.45) is 5.92 Å². The third kappa shape index (κ3) is 1.88. The molecule has 0 spiro atoms. The number of rotatable bonds is 3. The van der Waals surface area contributed by atoms with E-state index >= 15 is 0 Å². The largest absolute Gasteiger partial charge is 0.418 e. The van der Waals surface area contributed by atoms with Gasteiger partial charge in [-0.3, -0.25) is 4.79 Å². The van der Waals surface area contributed by atoms with Gasteiger partial charge in [-0.15, -0.1) is 10.2 Å². The molecule has 4 heteroatoms. The Bertz CT molecular complexity index is 389. The summed E-state index contributed by atoms with van der Waals surface area (Å²) in [6.07, 6.45) is 7.99. The Labute approximate surface area is 94.4 Å². The Kier molecular flexibility index (Phi) is 2.50.